The summed E-state index contributed by atoms with van der Waals surface area (Å²) in [6.07, 6.45) is 0. The van der Waals surface area contributed by atoms with E-state index in [9.17, 15) is 0 Å². The Bertz CT molecular complexity index is 282. The zero-order valence-corrected chi connectivity index (χ0v) is 9.30. The van der Waals surface area contributed by atoms with Crippen molar-refractivity contribution in [3.05, 3.63) is 34.9 Å². The van der Waals surface area contributed by atoms with Crippen LogP contribution < -0.4 is 5.32 Å². The third-order valence-electron chi connectivity index (χ3n) is 2.30. The lowest BCUT2D eigenvalue weighted by Gasteiger charge is -2.25. The Hall–Kier alpha value is -0.570. The van der Waals surface area contributed by atoms with Gasteiger partial charge in [0.15, 0.2) is 0 Å². The van der Waals surface area contributed by atoms with E-state index in [1.165, 1.54) is 5.56 Å². The molecule has 0 bridgehead atoms. The van der Waals surface area contributed by atoms with Crippen LogP contribution in [-0.2, 0) is 5.41 Å². The number of aliphatic hydroxyl groups is 1. The third kappa shape index (κ3) is 2.98. The molecule has 0 aromatic heterocycles. The molecule has 0 saturated heterocycles. The fourth-order valence-corrected chi connectivity index (χ4v) is 1.50. The summed E-state index contributed by atoms with van der Waals surface area (Å²) in [6.45, 7) is 5.00. The van der Waals surface area contributed by atoms with Gasteiger partial charge in [-0.1, -0.05) is 37.6 Å². The van der Waals surface area contributed by atoms with Gasteiger partial charge in [-0.15, -0.1) is 0 Å². The van der Waals surface area contributed by atoms with Crippen molar-refractivity contribution < 1.29 is 5.11 Å². The normalized spacial score (nSPS) is 11.7. The SMILES string of the molecule is CC(C)(CNCO)c1ccc(Cl)cc1. The predicted molar refractivity (Wildman–Crippen MR) is 59.6 cm³/mol. The highest BCUT2D eigenvalue weighted by atomic mass is 35.5. The molecule has 0 radical (unpaired) electrons. The molecule has 0 heterocycles. The summed E-state index contributed by atoms with van der Waals surface area (Å²) in [5, 5.41) is 12.4. The molecule has 1 aromatic carbocycles. The molecule has 1 rings (SSSR count). The van der Waals surface area contributed by atoms with Gasteiger partial charge in [0.05, 0.1) is 6.73 Å². The number of aliphatic hydroxyl groups excluding tert-OH is 1. The summed E-state index contributed by atoms with van der Waals surface area (Å²) in [5.41, 5.74) is 1.22. The first-order chi connectivity index (χ1) is 6.56. The van der Waals surface area contributed by atoms with Crippen molar-refractivity contribution in [2.45, 2.75) is 19.3 Å². The van der Waals surface area contributed by atoms with Gasteiger partial charge in [0, 0.05) is 17.0 Å². The van der Waals surface area contributed by atoms with Crippen LogP contribution in [0.1, 0.15) is 19.4 Å². The van der Waals surface area contributed by atoms with Gasteiger partial charge in [-0.05, 0) is 17.7 Å². The van der Waals surface area contributed by atoms with Crippen molar-refractivity contribution in [3.8, 4) is 0 Å². The Kier molecular flexibility index (Phi) is 3.93. The second-order valence-corrected chi connectivity index (χ2v) is 4.41. The zero-order chi connectivity index (χ0) is 10.6. The minimum absolute atomic E-state index is 0.00726. The summed E-state index contributed by atoms with van der Waals surface area (Å²) < 4.78 is 0. The molecule has 0 saturated carbocycles. The van der Waals surface area contributed by atoms with Crippen molar-refractivity contribution >= 4 is 11.6 Å². The van der Waals surface area contributed by atoms with E-state index in [4.69, 9.17) is 16.7 Å². The van der Waals surface area contributed by atoms with Gasteiger partial charge in [-0.25, -0.2) is 0 Å². The average molecular weight is 214 g/mol. The Morgan fingerprint density at radius 3 is 2.36 bits per heavy atom. The van der Waals surface area contributed by atoms with E-state index < -0.39 is 0 Å². The largest absolute Gasteiger partial charge is 0.381 e. The van der Waals surface area contributed by atoms with Crippen molar-refractivity contribution in [2.75, 3.05) is 13.3 Å². The number of benzene rings is 1. The van der Waals surface area contributed by atoms with E-state index in [0.29, 0.717) is 0 Å². The standard InChI is InChI=1S/C11H16ClNO/c1-11(2,7-13-8-14)9-3-5-10(12)6-4-9/h3-6,13-14H,7-8H2,1-2H3. The van der Waals surface area contributed by atoms with Gasteiger partial charge in [0.25, 0.3) is 0 Å². The predicted octanol–water partition coefficient (Wildman–Crippen LogP) is 2.16. The number of rotatable bonds is 4. The van der Waals surface area contributed by atoms with E-state index in [1.807, 2.05) is 24.3 Å². The monoisotopic (exact) mass is 213 g/mol. The molecular formula is C11H16ClNO. The second-order valence-electron chi connectivity index (χ2n) is 3.98. The molecular weight excluding hydrogens is 198 g/mol. The molecule has 0 unspecified atom stereocenters. The molecule has 0 aliphatic carbocycles. The fraction of sp³-hybridized carbons (Fsp3) is 0.455. The summed E-state index contributed by atoms with van der Waals surface area (Å²) in [5.74, 6) is 0. The molecule has 0 aliphatic rings. The van der Waals surface area contributed by atoms with Crippen molar-refractivity contribution in [1.82, 2.24) is 5.32 Å². The topological polar surface area (TPSA) is 32.3 Å². The quantitative estimate of drug-likeness (QED) is 0.752. The van der Waals surface area contributed by atoms with Crippen molar-refractivity contribution in [3.63, 3.8) is 0 Å². The smallest absolute Gasteiger partial charge is 0.0931 e. The Morgan fingerprint density at radius 1 is 1.29 bits per heavy atom. The average Bonchev–Trinajstić information content (AvgIpc) is 2.16. The second kappa shape index (κ2) is 4.78. The summed E-state index contributed by atoms with van der Waals surface area (Å²) in [7, 11) is 0. The van der Waals surface area contributed by atoms with Gasteiger partial charge >= 0.3 is 0 Å². The highest BCUT2D eigenvalue weighted by Crippen LogP contribution is 2.23. The molecule has 0 spiro atoms. The molecule has 78 valence electrons. The Labute approximate surface area is 89.9 Å². The highest BCUT2D eigenvalue weighted by Gasteiger charge is 2.19. The van der Waals surface area contributed by atoms with E-state index in [-0.39, 0.29) is 12.1 Å². The lowest BCUT2D eigenvalue weighted by Crippen LogP contribution is -2.33. The molecule has 0 atom stereocenters. The van der Waals surface area contributed by atoms with Crippen LogP contribution in [0.25, 0.3) is 0 Å². The molecule has 2 N–H and O–H groups in total. The van der Waals surface area contributed by atoms with Crippen LogP contribution in [0.3, 0.4) is 0 Å². The third-order valence-corrected chi connectivity index (χ3v) is 2.56. The van der Waals surface area contributed by atoms with Gasteiger partial charge in [0.2, 0.25) is 0 Å². The molecule has 1 aromatic rings. The van der Waals surface area contributed by atoms with Crippen LogP contribution in [0, 0.1) is 0 Å². The summed E-state index contributed by atoms with van der Waals surface area (Å²) in [4.78, 5) is 0. The first-order valence-corrected chi connectivity index (χ1v) is 5.02. The van der Waals surface area contributed by atoms with Gasteiger partial charge in [-0.2, -0.15) is 0 Å². The van der Waals surface area contributed by atoms with Crippen LogP contribution in [0.5, 0.6) is 0 Å². The van der Waals surface area contributed by atoms with Gasteiger partial charge in [0.1, 0.15) is 0 Å². The maximum absolute atomic E-state index is 8.69. The molecule has 2 nitrogen and oxygen atoms in total. The van der Waals surface area contributed by atoms with E-state index >= 15 is 0 Å². The molecule has 14 heavy (non-hydrogen) atoms. The Balaban J connectivity index is 2.75. The number of nitrogens with one attached hydrogen (secondary N) is 1. The van der Waals surface area contributed by atoms with Crippen molar-refractivity contribution in [1.29, 1.82) is 0 Å². The highest BCUT2D eigenvalue weighted by molar-refractivity contribution is 6.30. The minimum atomic E-state index is 0.00726. The van der Waals surface area contributed by atoms with Crippen LogP contribution in [0.4, 0.5) is 0 Å². The lowest BCUT2D eigenvalue weighted by atomic mass is 9.85. The Morgan fingerprint density at radius 2 is 1.86 bits per heavy atom. The van der Waals surface area contributed by atoms with Gasteiger partial charge in [-0.3, -0.25) is 5.32 Å². The van der Waals surface area contributed by atoms with Crippen molar-refractivity contribution in [2.24, 2.45) is 0 Å². The minimum Gasteiger partial charge on any atom is -0.381 e. The first-order valence-electron chi connectivity index (χ1n) is 4.64. The maximum atomic E-state index is 8.69. The van der Waals surface area contributed by atoms with E-state index in [0.717, 1.165) is 11.6 Å². The molecule has 0 amide bonds. The zero-order valence-electron chi connectivity index (χ0n) is 8.55. The first kappa shape index (κ1) is 11.5. The van der Waals surface area contributed by atoms with Crippen LogP contribution >= 0.6 is 11.6 Å². The van der Waals surface area contributed by atoms with E-state index in [1.54, 1.807) is 0 Å². The summed E-state index contributed by atoms with van der Waals surface area (Å²) in [6, 6.07) is 7.80. The lowest BCUT2D eigenvalue weighted by molar-refractivity contribution is 0.247. The van der Waals surface area contributed by atoms with Gasteiger partial charge < -0.3 is 5.11 Å². The van der Waals surface area contributed by atoms with E-state index in [2.05, 4.69) is 19.2 Å². The molecule has 0 aliphatic heterocycles. The fourth-order valence-electron chi connectivity index (χ4n) is 1.37. The molecule has 0 fully saturated rings. The van der Waals surface area contributed by atoms with Crippen LogP contribution in [-0.4, -0.2) is 18.4 Å². The number of halogens is 1. The maximum Gasteiger partial charge on any atom is 0.0931 e. The summed E-state index contributed by atoms with van der Waals surface area (Å²) >= 11 is 5.81. The number of hydrogen-bond donors (Lipinski definition) is 2. The van der Waals surface area contributed by atoms with Crippen LogP contribution in [0.2, 0.25) is 5.02 Å². The number of hydrogen-bond acceptors (Lipinski definition) is 2. The molecule has 3 heteroatoms. The van der Waals surface area contributed by atoms with Crippen LogP contribution in [0.15, 0.2) is 24.3 Å².